The predicted molar refractivity (Wildman–Crippen MR) is 77.0 cm³/mol. The van der Waals surface area contributed by atoms with Gasteiger partial charge in [-0.15, -0.1) is 0 Å². The summed E-state index contributed by atoms with van der Waals surface area (Å²) < 4.78 is 25.7. The van der Waals surface area contributed by atoms with Crippen molar-refractivity contribution >= 4 is 21.6 Å². The lowest BCUT2D eigenvalue weighted by atomic mass is 10.2. The molecule has 0 saturated heterocycles. The number of hydrogen-bond acceptors (Lipinski definition) is 4. The standard InChI is InChI=1S/C13H20N2O4S/c1-10-6-7-11(20(18,19)14-2)9-12(10)15-13(17)5-3-4-8-16/h6-7,9,14,16H,3-5,8H2,1-2H3,(H,15,17). The number of aliphatic hydroxyl groups excluding tert-OH is 1. The first kappa shape index (κ1) is 16.6. The van der Waals surface area contributed by atoms with Gasteiger partial charge in [0.1, 0.15) is 0 Å². The maximum Gasteiger partial charge on any atom is 0.240 e. The molecule has 0 unspecified atom stereocenters. The fraction of sp³-hybridized carbons (Fsp3) is 0.462. The summed E-state index contributed by atoms with van der Waals surface area (Å²) in [6, 6.07) is 4.57. The first-order valence-electron chi connectivity index (χ1n) is 6.35. The van der Waals surface area contributed by atoms with Gasteiger partial charge in [0, 0.05) is 18.7 Å². The number of anilines is 1. The molecule has 0 fully saturated rings. The number of nitrogens with one attached hydrogen (secondary N) is 2. The Morgan fingerprint density at radius 1 is 1.30 bits per heavy atom. The van der Waals surface area contributed by atoms with E-state index in [0.717, 1.165) is 5.56 Å². The number of sulfonamides is 1. The van der Waals surface area contributed by atoms with Crippen LogP contribution >= 0.6 is 0 Å². The van der Waals surface area contributed by atoms with E-state index in [9.17, 15) is 13.2 Å². The zero-order valence-electron chi connectivity index (χ0n) is 11.6. The number of benzene rings is 1. The van der Waals surface area contributed by atoms with Crippen LogP contribution in [0.4, 0.5) is 5.69 Å². The third kappa shape index (κ3) is 4.59. The molecule has 0 aliphatic rings. The van der Waals surface area contributed by atoms with Crippen LogP contribution < -0.4 is 10.0 Å². The largest absolute Gasteiger partial charge is 0.396 e. The van der Waals surface area contributed by atoms with Gasteiger partial charge in [-0.05, 0) is 44.5 Å². The van der Waals surface area contributed by atoms with Crippen molar-refractivity contribution in [1.82, 2.24) is 4.72 Å². The molecular formula is C13H20N2O4S. The second-order valence-corrected chi connectivity index (χ2v) is 6.30. The molecule has 0 radical (unpaired) electrons. The van der Waals surface area contributed by atoms with Crippen molar-refractivity contribution in [3.8, 4) is 0 Å². The van der Waals surface area contributed by atoms with Gasteiger partial charge in [0.2, 0.25) is 15.9 Å². The minimum atomic E-state index is -3.53. The maximum atomic E-state index is 11.7. The van der Waals surface area contributed by atoms with Crippen molar-refractivity contribution in [2.45, 2.75) is 31.1 Å². The van der Waals surface area contributed by atoms with Gasteiger partial charge in [-0.2, -0.15) is 0 Å². The van der Waals surface area contributed by atoms with Gasteiger partial charge in [-0.1, -0.05) is 6.07 Å². The Kier molecular flexibility index (Phi) is 6.12. The number of carbonyl (C=O) groups excluding carboxylic acids is 1. The number of carbonyl (C=O) groups is 1. The molecular weight excluding hydrogens is 280 g/mol. The molecule has 1 rings (SSSR count). The third-order valence-electron chi connectivity index (χ3n) is 2.87. The summed E-state index contributed by atoms with van der Waals surface area (Å²) in [5, 5.41) is 11.4. The van der Waals surface area contributed by atoms with Crippen LogP contribution in [0.15, 0.2) is 23.1 Å². The molecule has 0 bridgehead atoms. The number of amides is 1. The van der Waals surface area contributed by atoms with Crippen LogP contribution in [0.3, 0.4) is 0 Å². The molecule has 6 nitrogen and oxygen atoms in total. The van der Waals surface area contributed by atoms with Crippen LogP contribution in [0.5, 0.6) is 0 Å². The van der Waals surface area contributed by atoms with E-state index in [4.69, 9.17) is 5.11 Å². The third-order valence-corrected chi connectivity index (χ3v) is 4.29. The SMILES string of the molecule is CNS(=O)(=O)c1ccc(C)c(NC(=O)CCCCO)c1. The topological polar surface area (TPSA) is 95.5 Å². The Bertz CT molecular complexity index is 570. The summed E-state index contributed by atoms with van der Waals surface area (Å²) in [5.41, 5.74) is 1.27. The van der Waals surface area contributed by atoms with E-state index in [1.807, 2.05) is 0 Å². The Balaban J connectivity index is 2.85. The second-order valence-electron chi connectivity index (χ2n) is 4.41. The molecule has 0 aliphatic heterocycles. The van der Waals surface area contributed by atoms with E-state index in [2.05, 4.69) is 10.0 Å². The molecule has 0 spiro atoms. The van der Waals surface area contributed by atoms with Crippen LogP contribution in [0, 0.1) is 6.92 Å². The van der Waals surface area contributed by atoms with Crippen molar-refractivity contribution in [3.05, 3.63) is 23.8 Å². The van der Waals surface area contributed by atoms with Crippen molar-refractivity contribution in [2.75, 3.05) is 19.0 Å². The highest BCUT2D eigenvalue weighted by molar-refractivity contribution is 7.89. The normalized spacial score (nSPS) is 11.3. The van der Waals surface area contributed by atoms with Gasteiger partial charge in [0.15, 0.2) is 0 Å². The number of rotatable bonds is 7. The molecule has 0 aliphatic carbocycles. The lowest BCUT2D eigenvalue weighted by molar-refractivity contribution is -0.116. The zero-order valence-corrected chi connectivity index (χ0v) is 12.5. The molecule has 0 atom stereocenters. The van der Waals surface area contributed by atoms with E-state index >= 15 is 0 Å². The summed E-state index contributed by atoms with van der Waals surface area (Å²) >= 11 is 0. The van der Waals surface area contributed by atoms with Crippen molar-refractivity contribution in [1.29, 1.82) is 0 Å². The lowest BCUT2D eigenvalue weighted by Crippen LogP contribution is -2.19. The Morgan fingerprint density at radius 3 is 2.60 bits per heavy atom. The van der Waals surface area contributed by atoms with Crippen LogP contribution in [-0.4, -0.2) is 33.1 Å². The van der Waals surface area contributed by atoms with E-state index in [1.54, 1.807) is 13.0 Å². The summed E-state index contributed by atoms with van der Waals surface area (Å²) in [6.07, 6.45) is 1.46. The smallest absolute Gasteiger partial charge is 0.240 e. The molecule has 20 heavy (non-hydrogen) atoms. The Labute approximate surface area is 119 Å². The van der Waals surface area contributed by atoms with Crippen LogP contribution in [-0.2, 0) is 14.8 Å². The predicted octanol–water partition coefficient (Wildman–Crippen LogP) is 1.00. The lowest BCUT2D eigenvalue weighted by Gasteiger charge is -2.10. The Morgan fingerprint density at radius 2 is 2.00 bits per heavy atom. The van der Waals surface area contributed by atoms with E-state index in [1.165, 1.54) is 19.2 Å². The Hall–Kier alpha value is -1.44. The molecule has 0 aromatic heterocycles. The molecule has 0 saturated carbocycles. The number of aliphatic hydroxyl groups is 1. The van der Waals surface area contributed by atoms with E-state index in [0.29, 0.717) is 24.9 Å². The molecule has 0 heterocycles. The number of unbranched alkanes of at least 4 members (excludes halogenated alkanes) is 1. The highest BCUT2D eigenvalue weighted by Crippen LogP contribution is 2.20. The summed E-state index contributed by atoms with van der Waals surface area (Å²) in [6.45, 7) is 1.85. The van der Waals surface area contributed by atoms with Gasteiger partial charge in [0.05, 0.1) is 4.90 Å². The van der Waals surface area contributed by atoms with Gasteiger partial charge in [-0.3, -0.25) is 4.79 Å². The monoisotopic (exact) mass is 300 g/mol. The zero-order chi connectivity index (χ0) is 15.2. The molecule has 1 amide bonds. The fourth-order valence-electron chi connectivity index (χ4n) is 1.63. The summed E-state index contributed by atoms with van der Waals surface area (Å²) in [5.74, 6) is -0.194. The molecule has 1 aromatic rings. The highest BCUT2D eigenvalue weighted by atomic mass is 32.2. The first-order chi connectivity index (χ1) is 9.40. The summed E-state index contributed by atoms with van der Waals surface area (Å²) in [4.78, 5) is 11.8. The van der Waals surface area contributed by atoms with Crippen LogP contribution in [0.2, 0.25) is 0 Å². The van der Waals surface area contributed by atoms with Crippen LogP contribution in [0.25, 0.3) is 0 Å². The molecule has 1 aromatic carbocycles. The molecule has 3 N–H and O–H groups in total. The number of aryl methyl sites for hydroxylation is 1. The maximum absolute atomic E-state index is 11.7. The summed E-state index contributed by atoms with van der Waals surface area (Å²) in [7, 11) is -2.19. The van der Waals surface area contributed by atoms with Gasteiger partial charge >= 0.3 is 0 Å². The minimum Gasteiger partial charge on any atom is -0.396 e. The quantitative estimate of drug-likeness (QED) is 0.655. The van der Waals surface area contributed by atoms with Gasteiger partial charge < -0.3 is 10.4 Å². The molecule has 112 valence electrons. The van der Waals surface area contributed by atoms with E-state index < -0.39 is 10.0 Å². The highest BCUT2D eigenvalue weighted by Gasteiger charge is 2.13. The number of hydrogen-bond donors (Lipinski definition) is 3. The van der Waals surface area contributed by atoms with Crippen molar-refractivity contribution in [2.24, 2.45) is 0 Å². The van der Waals surface area contributed by atoms with Crippen molar-refractivity contribution < 1.29 is 18.3 Å². The average molecular weight is 300 g/mol. The van der Waals surface area contributed by atoms with Gasteiger partial charge in [-0.25, -0.2) is 13.1 Å². The van der Waals surface area contributed by atoms with Crippen LogP contribution in [0.1, 0.15) is 24.8 Å². The van der Waals surface area contributed by atoms with Gasteiger partial charge in [0.25, 0.3) is 0 Å². The van der Waals surface area contributed by atoms with Crippen molar-refractivity contribution in [3.63, 3.8) is 0 Å². The first-order valence-corrected chi connectivity index (χ1v) is 7.84. The second kappa shape index (κ2) is 7.37. The fourth-order valence-corrected chi connectivity index (χ4v) is 2.39. The van der Waals surface area contributed by atoms with E-state index in [-0.39, 0.29) is 17.4 Å². The molecule has 7 heteroatoms. The minimum absolute atomic E-state index is 0.0577. The average Bonchev–Trinajstić information content (AvgIpc) is 2.41.